The van der Waals surface area contributed by atoms with Gasteiger partial charge in [-0.25, -0.2) is 0 Å². The highest BCUT2D eigenvalue weighted by Gasteiger charge is 2.42. The molecule has 3 heteroatoms. The van der Waals surface area contributed by atoms with Crippen LogP contribution in [0.25, 0.3) is 0 Å². The van der Waals surface area contributed by atoms with Gasteiger partial charge in [0.05, 0.1) is 0 Å². The van der Waals surface area contributed by atoms with Crippen LogP contribution in [0.5, 0.6) is 0 Å². The van der Waals surface area contributed by atoms with E-state index < -0.39 is 0 Å². The smallest absolute Gasteiger partial charge is 0.0433 e. The van der Waals surface area contributed by atoms with Crippen molar-refractivity contribution >= 4 is 11.4 Å². The number of hydrogen-bond donors (Lipinski definition) is 0. The Morgan fingerprint density at radius 3 is 2.26 bits per heavy atom. The van der Waals surface area contributed by atoms with Crippen LogP contribution >= 0.6 is 0 Å². The number of benzene rings is 2. The van der Waals surface area contributed by atoms with Gasteiger partial charge in [0.25, 0.3) is 0 Å². The number of rotatable bonds is 4. The largest absolute Gasteiger partial charge is 0.378 e. The normalized spacial score (nSPS) is 23.5. The summed E-state index contributed by atoms with van der Waals surface area (Å²) in [6.07, 6.45) is 1.31. The molecule has 2 heterocycles. The highest BCUT2D eigenvalue weighted by Crippen LogP contribution is 2.35. The van der Waals surface area contributed by atoms with Crippen LogP contribution in [-0.4, -0.2) is 44.2 Å². The van der Waals surface area contributed by atoms with Crippen LogP contribution in [0, 0.1) is 0 Å². The third-order valence-electron chi connectivity index (χ3n) is 5.28. The van der Waals surface area contributed by atoms with E-state index in [0.29, 0.717) is 12.1 Å². The average Bonchev–Trinajstić information content (AvgIpc) is 3.16. The van der Waals surface area contributed by atoms with Crippen molar-refractivity contribution in [1.29, 1.82) is 0 Å². The quantitative estimate of drug-likeness (QED) is 0.859. The van der Waals surface area contributed by atoms with Crippen LogP contribution in [-0.2, 0) is 6.54 Å². The van der Waals surface area contributed by atoms with Gasteiger partial charge in [-0.15, -0.1) is 0 Å². The fraction of sp³-hybridized carbons (Fsp3) is 0.400. The zero-order valence-electron chi connectivity index (χ0n) is 14.0. The minimum absolute atomic E-state index is 0.675. The molecular formula is C20H25N3. The molecule has 0 aliphatic carbocycles. The predicted octanol–water partition coefficient (Wildman–Crippen LogP) is 3.22. The molecule has 0 aromatic heterocycles. The van der Waals surface area contributed by atoms with Crippen molar-refractivity contribution in [3.05, 3.63) is 60.2 Å². The zero-order chi connectivity index (χ0) is 15.8. The van der Waals surface area contributed by atoms with E-state index in [0.717, 1.165) is 6.54 Å². The predicted molar refractivity (Wildman–Crippen MR) is 97.2 cm³/mol. The molecule has 0 spiro atoms. The highest BCUT2D eigenvalue weighted by molar-refractivity contribution is 5.57. The summed E-state index contributed by atoms with van der Waals surface area (Å²) < 4.78 is 0. The molecule has 0 N–H and O–H groups in total. The Morgan fingerprint density at radius 2 is 1.65 bits per heavy atom. The van der Waals surface area contributed by atoms with Gasteiger partial charge in [-0.05, 0) is 36.2 Å². The Kier molecular flexibility index (Phi) is 3.74. The molecular weight excluding hydrogens is 282 g/mol. The van der Waals surface area contributed by atoms with Gasteiger partial charge in [0.1, 0.15) is 0 Å². The summed E-state index contributed by atoms with van der Waals surface area (Å²) in [6.45, 7) is 3.45. The third kappa shape index (κ3) is 2.81. The number of likely N-dealkylation sites (tertiary alicyclic amines) is 1. The van der Waals surface area contributed by atoms with Gasteiger partial charge < -0.3 is 9.80 Å². The van der Waals surface area contributed by atoms with Crippen molar-refractivity contribution in [2.45, 2.75) is 25.0 Å². The van der Waals surface area contributed by atoms with Gasteiger partial charge in [0.15, 0.2) is 0 Å². The number of fused-ring (bicyclic) bond motifs is 2. The molecule has 0 radical (unpaired) electrons. The lowest BCUT2D eigenvalue weighted by Gasteiger charge is -2.35. The maximum atomic E-state index is 2.66. The van der Waals surface area contributed by atoms with Crippen molar-refractivity contribution in [1.82, 2.24) is 4.90 Å². The van der Waals surface area contributed by atoms with Crippen LogP contribution in [0.4, 0.5) is 11.4 Å². The molecule has 2 atom stereocenters. The fourth-order valence-corrected chi connectivity index (χ4v) is 4.02. The maximum absolute atomic E-state index is 2.66. The number of hydrogen-bond acceptors (Lipinski definition) is 3. The molecule has 3 nitrogen and oxygen atoms in total. The van der Waals surface area contributed by atoms with Crippen molar-refractivity contribution in [2.75, 3.05) is 37.0 Å². The van der Waals surface area contributed by atoms with Crippen LogP contribution in [0.3, 0.4) is 0 Å². The summed E-state index contributed by atoms with van der Waals surface area (Å²) >= 11 is 0. The molecule has 120 valence electrons. The minimum Gasteiger partial charge on any atom is -0.378 e. The van der Waals surface area contributed by atoms with Gasteiger partial charge in [0, 0.05) is 57.2 Å². The summed E-state index contributed by atoms with van der Waals surface area (Å²) in [5, 5.41) is 0. The standard InChI is InChI=1S/C20H25N3/c1-21(2)17-8-10-18(11-9-17)23-15-19-12-20(23)14-22(19)13-16-6-4-3-5-7-16/h3-11,19-20H,12-15H2,1-2H3/t19-,20-/m0/s1. The molecule has 2 aliphatic heterocycles. The van der Waals surface area contributed by atoms with E-state index in [4.69, 9.17) is 0 Å². The Bertz CT molecular complexity index is 650. The van der Waals surface area contributed by atoms with Gasteiger partial charge >= 0.3 is 0 Å². The summed E-state index contributed by atoms with van der Waals surface area (Å²) in [7, 11) is 4.18. The number of piperazine rings is 1. The Balaban J connectivity index is 1.42. The Hall–Kier alpha value is -2.00. The van der Waals surface area contributed by atoms with E-state index in [2.05, 4.69) is 83.4 Å². The monoisotopic (exact) mass is 307 g/mol. The zero-order valence-corrected chi connectivity index (χ0v) is 14.0. The topological polar surface area (TPSA) is 9.72 Å². The van der Waals surface area contributed by atoms with Gasteiger partial charge in [-0.3, -0.25) is 4.90 Å². The molecule has 0 unspecified atom stereocenters. The van der Waals surface area contributed by atoms with E-state index in [1.165, 1.54) is 36.4 Å². The maximum Gasteiger partial charge on any atom is 0.0433 e. The van der Waals surface area contributed by atoms with Crippen LogP contribution in [0.1, 0.15) is 12.0 Å². The van der Waals surface area contributed by atoms with Crippen LogP contribution < -0.4 is 9.80 Å². The van der Waals surface area contributed by atoms with Crippen molar-refractivity contribution < 1.29 is 0 Å². The molecule has 2 bridgehead atoms. The third-order valence-corrected chi connectivity index (χ3v) is 5.28. The summed E-state index contributed by atoms with van der Waals surface area (Å²) in [4.78, 5) is 7.41. The SMILES string of the molecule is CN(C)c1ccc(N2C[C@@H]3C[C@H]2CN3Cc2ccccc2)cc1. The summed E-state index contributed by atoms with van der Waals surface area (Å²) in [6, 6.07) is 21.2. The fourth-order valence-electron chi connectivity index (χ4n) is 4.02. The second kappa shape index (κ2) is 5.89. The second-order valence-electron chi connectivity index (χ2n) is 7.02. The molecule has 0 saturated carbocycles. The molecule has 2 fully saturated rings. The molecule has 2 aromatic carbocycles. The molecule has 0 amide bonds. The van der Waals surface area contributed by atoms with E-state index >= 15 is 0 Å². The first kappa shape index (κ1) is 14.6. The van der Waals surface area contributed by atoms with E-state index in [9.17, 15) is 0 Å². The highest BCUT2D eigenvalue weighted by atomic mass is 15.3. The molecule has 4 rings (SSSR count). The van der Waals surface area contributed by atoms with E-state index in [1.807, 2.05) is 0 Å². The Morgan fingerprint density at radius 1 is 0.913 bits per heavy atom. The van der Waals surface area contributed by atoms with Crippen molar-refractivity contribution in [3.8, 4) is 0 Å². The lowest BCUT2D eigenvalue weighted by atomic mass is 10.2. The summed E-state index contributed by atoms with van der Waals surface area (Å²) in [5.41, 5.74) is 4.08. The lowest BCUT2D eigenvalue weighted by molar-refractivity contribution is 0.230. The van der Waals surface area contributed by atoms with Gasteiger partial charge in [-0.2, -0.15) is 0 Å². The first-order valence-corrected chi connectivity index (χ1v) is 8.53. The van der Waals surface area contributed by atoms with E-state index in [1.54, 1.807) is 0 Å². The number of anilines is 2. The molecule has 2 aliphatic rings. The van der Waals surface area contributed by atoms with Crippen LogP contribution in [0.2, 0.25) is 0 Å². The lowest BCUT2D eigenvalue weighted by Crippen LogP contribution is -2.46. The Labute approximate surface area is 139 Å². The molecule has 23 heavy (non-hydrogen) atoms. The second-order valence-corrected chi connectivity index (χ2v) is 7.02. The first-order chi connectivity index (χ1) is 11.2. The molecule has 2 aromatic rings. The van der Waals surface area contributed by atoms with E-state index in [-0.39, 0.29) is 0 Å². The van der Waals surface area contributed by atoms with Gasteiger partial charge in [-0.1, -0.05) is 30.3 Å². The van der Waals surface area contributed by atoms with Crippen molar-refractivity contribution in [2.24, 2.45) is 0 Å². The average molecular weight is 307 g/mol. The van der Waals surface area contributed by atoms with Gasteiger partial charge in [0.2, 0.25) is 0 Å². The molecule has 2 saturated heterocycles. The van der Waals surface area contributed by atoms with Crippen LogP contribution in [0.15, 0.2) is 54.6 Å². The minimum atomic E-state index is 0.675. The first-order valence-electron chi connectivity index (χ1n) is 8.53. The number of nitrogens with zero attached hydrogens (tertiary/aromatic N) is 3. The summed E-state index contributed by atoms with van der Waals surface area (Å²) in [5.74, 6) is 0. The van der Waals surface area contributed by atoms with Crippen molar-refractivity contribution in [3.63, 3.8) is 0 Å².